The van der Waals surface area contributed by atoms with Crippen LogP contribution in [-0.4, -0.2) is 34.8 Å². The molecule has 4 rings (SSSR count). The van der Waals surface area contributed by atoms with Gasteiger partial charge in [-0.3, -0.25) is 14.6 Å². The third-order valence-electron chi connectivity index (χ3n) is 5.65. The molecule has 0 saturated carbocycles. The summed E-state index contributed by atoms with van der Waals surface area (Å²) in [5, 5.41) is 2.89. The summed E-state index contributed by atoms with van der Waals surface area (Å²) in [6.07, 6.45) is 8.82. The third kappa shape index (κ3) is 5.86. The minimum absolute atomic E-state index is 0.0301. The molecule has 33 heavy (non-hydrogen) atoms. The Balaban J connectivity index is 1.34. The summed E-state index contributed by atoms with van der Waals surface area (Å²) in [4.78, 5) is 31.2. The molecule has 0 aliphatic carbocycles. The summed E-state index contributed by atoms with van der Waals surface area (Å²) in [6, 6.07) is 16.8. The van der Waals surface area contributed by atoms with Gasteiger partial charge in [-0.05, 0) is 67.3 Å². The molecular formula is C27H27N3O3. The van der Waals surface area contributed by atoms with Crippen molar-refractivity contribution in [3.05, 3.63) is 95.3 Å². The zero-order chi connectivity index (χ0) is 23.0. The van der Waals surface area contributed by atoms with E-state index in [9.17, 15) is 9.59 Å². The summed E-state index contributed by atoms with van der Waals surface area (Å²) < 4.78 is 5.76. The van der Waals surface area contributed by atoms with Crippen molar-refractivity contribution in [2.24, 2.45) is 0 Å². The van der Waals surface area contributed by atoms with Crippen LogP contribution in [0.1, 0.15) is 39.9 Å². The van der Waals surface area contributed by atoms with Crippen LogP contribution in [-0.2, 0) is 11.4 Å². The first-order chi connectivity index (χ1) is 16.1. The van der Waals surface area contributed by atoms with E-state index in [4.69, 9.17) is 4.74 Å². The summed E-state index contributed by atoms with van der Waals surface area (Å²) in [7, 11) is 0. The van der Waals surface area contributed by atoms with Crippen LogP contribution in [0.15, 0.2) is 73.1 Å². The lowest BCUT2D eigenvalue weighted by atomic mass is 10.1. The molecule has 0 radical (unpaired) electrons. The summed E-state index contributed by atoms with van der Waals surface area (Å²) in [6.45, 7) is 3.91. The van der Waals surface area contributed by atoms with Gasteiger partial charge in [0.25, 0.3) is 5.91 Å². The molecule has 2 aromatic carbocycles. The van der Waals surface area contributed by atoms with E-state index < -0.39 is 0 Å². The summed E-state index contributed by atoms with van der Waals surface area (Å²) >= 11 is 0. The average Bonchev–Trinajstić information content (AvgIpc) is 3.39. The van der Waals surface area contributed by atoms with Crippen molar-refractivity contribution in [3.63, 3.8) is 0 Å². The maximum atomic E-state index is 12.8. The van der Waals surface area contributed by atoms with Crippen molar-refractivity contribution >= 4 is 23.6 Å². The van der Waals surface area contributed by atoms with Gasteiger partial charge in [0, 0.05) is 48.4 Å². The van der Waals surface area contributed by atoms with Crippen LogP contribution in [0.5, 0.6) is 5.75 Å². The standard InChI is InChI=1S/C27H27N3O3/c1-20-24(27(32)30-16-2-3-17-30)7-4-8-25(20)29-26(31)14-11-21-9-12-23(13-10-21)33-19-22-6-5-15-28-18-22/h4-15,18H,2-3,16-17,19H2,1H3,(H,29,31)/b14-11+. The number of anilines is 1. The number of amides is 2. The Labute approximate surface area is 193 Å². The van der Waals surface area contributed by atoms with Crippen LogP contribution in [0.25, 0.3) is 6.08 Å². The molecule has 0 bridgehead atoms. The fourth-order valence-electron chi connectivity index (χ4n) is 3.76. The molecule has 0 spiro atoms. The number of carbonyl (C=O) groups is 2. The Morgan fingerprint density at radius 3 is 2.58 bits per heavy atom. The van der Waals surface area contributed by atoms with Crippen LogP contribution in [0.4, 0.5) is 5.69 Å². The van der Waals surface area contributed by atoms with E-state index in [-0.39, 0.29) is 11.8 Å². The van der Waals surface area contributed by atoms with E-state index in [0.29, 0.717) is 17.9 Å². The van der Waals surface area contributed by atoms with Crippen molar-refractivity contribution in [1.29, 1.82) is 0 Å². The van der Waals surface area contributed by atoms with Crippen LogP contribution in [0, 0.1) is 6.92 Å². The SMILES string of the molecule is Cc1c(NC(=O)/C=C/c2ccc(OCc3cccnc3)cc2)cccc1C(=O)N1CCCC1. The molecule has 6 nitrogen and oxygen atoms in total. The Bertz CT molecular complexity index is 1140. The Kier molecular flexibility index (Phi) is 7.15. The fourth-order valence-corrected chi connectivity index (χ4v) is 3.76. The van der Waals surface area contributed by atoms with Gasteiger partial charge in [-0.25, -0.2) is 0 Å². The molecule has 1 saturated heterocycles. The van der Waals surface area contributed by atoms with Crippen molar-refractivity contribution in [2.45, 2.75) is 26.4 Å². The van der Waals surface area contributed by atoms with Crippen LogP contribution < -0.4 is 10.1 Å². The number of aromatic nitrogens is 1. The largest absolute Gasteiger partial charge is 0.489 e. The maximum absolute atomic E-state index is 12.8. The van der Waals surface area contributed by atoms with Gasteiger partial charge in [0.2, 0.25) is 5.91 Å². The summed E-state index contributed by atoms with van der Waals surface area (Å²) in [5.41, 5.74) is 3.95. The van der Waals surface area contributed by atoms with Gasteiger partial charge in [-0.15, -0.1) is 0 Å². The number of rotatable bonds is 7. The number of likely N-dealkylation sites (tertiary alicyclic amines) is 1. The van der Waals surface area contributed by atoms with Crippen molar-refractivity contribution in [3.8, 4) is 5.75 Å². The topological polar surface area (TPSA) is 71.5 Å². The van der Waals surface area contributed by atoms with Crippen molar-refractivity contribution < 1.29 is 14.3 Å². The van der Waals surface area contributed by atoms with Crippen LogP contribution in [0.2, 0.25) is 0 Å². The smallest absolute Gasteiger partial charge is 0.254 e. The van der Waals surface area contributed by atoms with Gasteiger partial charge in [0.15, 0.2) is 0 Å². The highest BCUT2D eigenvalue weighted by Gasteiger charge is 2.21. The molecule has 1 N–H and O–H groups in total. The lowest BCUT2D eigenvalue weighted by Gasteiger charge is -2.18. The van der Waals surface area contributed by atoms with E-state index in [1.165, 1.54) is 6.08 Å². The molecular weight excluding hydrogens is 414 g/mol. The van der Waals surface area contributed by atoms with Gasteiger partial charge in [0.05, 0.1) is 0 Å². The maximum Gasteiger partial charge on any atom is 0.254 e. The molecule has 0 unspecified atom stereocenters. The molecule has 2 heterocycles. The molecule has 1 aromatic heterocycles. The molecule has 1 aliphatic rings. The number of nitrogens with zero attached hydrogens (tertiary/aromatic N) is 2. The van der Waals surface area contributed by atoms with E-state index in [2.05, 4.69) is 10.3 Å². The number of ether oxygens (including phenoxy) is 1. The fraction of sp³-hybridized carbons (Fsp3) is 0.222. The van der Waals surface area contributed by atoms with Gasteiger partial charge in [-0.2, -0.15) is 0 Å². The summed E-state index contributed by atoms with van der Waals surface area (Å²) in [5.74, 6) is 0.527. The Morgan fingerprint density at radius 2 is 1.85 bits per heavy atom. The van der Waals surface area contributed by atoms with Gasteiger partial charge >= 0.3 is 0 Å². The molecule has 3 aromatic rings. The highest BCUT2D eigenvalue weighted by atomic mass is 16.5. The Hall–Kier alpha value is -3.93. The molecule has 0 atom stereocenters. The Morgan fingerprint density at radius 1 is 1.06 bits per heavy atom. The number of pyridine rings is 1. The van der Waals surface area contributed by atoms with E-state index in [0.717, 1.165) is 48.4 Å². The van der Waals surface area contributed by atoms with Gasteiger partial charge in [-0.1, -0.05) is 24.3 Å². The lowest BCUT2D eigenvalue weighted by Crippen LogP contribution is -2.28. The average molecular weight is 442 g/mol. The minimum atomic E-state index is -0.249. The second-order valence-electron chi connectivity index (χ2n) is 8.02. The highest BCUT2D eigenvalue weighted by molar-refractivity contribution is 6.04. The molecule has 2 amide bonds. The predicted molar refractivity (Wildman–Crippen MR) is 129 cm³/mol. The van der Waals surface area contributed by atoms with E-state index in [1.807, 2.05) is 60.4 Å². The van der Waals surface area contributed by atoms with Crippen molar-refractivity contribution in [2.75, 3.05) is 18.4 Å². The highest BCUT2D eigenvalue weighted by Crippen LogP contribution is 2.22. The first-order valence-corrected chi connectivity index (χ1v) is 11.1. The number of carbonyl (C=O) groups excluding carboxylic acids is 2. The monoisotopic (exact) mass is 441 g/mol. The lowest BCUT2D eigenvalue weighted by molar-refractivity contribution is -0.111. The number of benzene rings is 2. The first-order valence-electron chi connectivity index (χ1n) is 11.1. The number of hydrogen-bond donors (Lipinski definition) is 1. The number of nitrogens with one attached hydrogen (secondary N) is 1. The van der Waals surface area contributed by atoms with E-state index in [1.54, 1.807) is 24.5 Å². The van der Waals surface area contributed by atoms with E-state index >= 15 is 0 Å². The second kappa shape index (κ2) is 10.6. The molecule has 1 fully saturated rings. The van der Waals surface area contributed by atoms with Gasteiger partial charge in [0.1, 0.15) is 12.4 Å². The van der Waals surface area contributed by atoms with Crippen LogP contribution in [0.3, 0.4) is 0 Å². The minimum Gasteiger partial charge on any atom is -0.489 e. The van der Waals surface area contributed by atoms with Crippen LogP contribution >= 0.6 is 0 Å². The number of hydrogen-bond acceptors (Lipinski definition) is 4. The van der Waals surface area contributed by atoms with Crippen molar-refractivity contribution in [1.82, 2.24) is 9.88 Å². The zero-order valence-corrected chi connectivity index (χ0v) is 18.7. The second-order valence-corrected chi connectivity index (χ2v) is 8.02. The van der Waals surface area contributed by atoms with Gasteiger partial charge < -0.3 is 15.0 Å². The molecule has 1 aliphatic heterocycles. The zero-order valence-electron chi connectivity index (χ0n) is 18.7. The molecule has 6 heteroatoms. The predicted octanol–water partition coefficient (Wildman–Crippen LogP) is 4.86. The third-order valence-corrected chi connectivity index (χ3v) is 5.65. The normalized spacial score (nSPS) is 13.3. The quantitative estimate of drug-likeness (QED) is 0.532. The molecule has 168 valence electrons. The first kappa shape index (κ1) is 22.3.